The Hall–Kier alpha value is -2.08. The number of ether oxygens (including phenoxy) is 1. The summed E-state index contributed by atoms with van der Waals surface area (Å²) in [6.07, 6.45) is 9.37. The van der Waals surface area contributed by atoms with Gasteiger partial charge in [-0.3, -0.25) is 9.59 Å². The average Bonchev–Trinajstić information content (AvgIpc) is 2.81. The molecule has 0 aromatic heterocycles. The molecular weight excluding hydrogens is 288 g/mol. The van der Waals surface area contributed by atoms with Crippen molar-refractivity contribution in [1.82, 2.24) is 0 Å². The monoisotopic (exact) mass is 312 g/mol. The van der Waals surface area contributed by atoms with E-state index in [1.807, 2.05) is 12.1 Å². The van der Waals surface area contributed by atoms with Gasteiger partial charge in [0, 0.05) is 18.1 Å². The van der Waals surface area contributed by atoms with E-state index in [9.17, 15) is 9.59 Å². The number of ketones is 2. The lowest BCUT2D eigenvalue weighted by molar-refractivity contribution is 0.0658. The van der Waals surface area contributed by atoms with E-state index in [4.69, 9.17) is 4.74 Å². The summed E-state index contributed by atoms with van der Waals surface area (Å²) in [6.45, 7) is 3.82. The molecule has 23 heavy (non-hydrogen) atoms. The smallest absolute Gasteiger partial charge is 0.235 e. The Labute approximate surface area is 138 Å². The van der Waals surface area contributed by atoms with E-state index in [2.05, 4.69) is 19.0 Å². The number of fused-ring (bicyclic) bond motifs is 1. The fourth-order valence-electron chi connectivity index (χ4n) is 3.02. The normalized spacial score (nSPS) is 16.0. The van der Waals surface area contributed by atoms with Crippen LogP contribution in [-0.2, 0) is 11.2 Å². The maximum Gasteiger partial charge on any atom is 0.235 e. The van der Waals surface area contributed by atoms with Gasteiger partial charge in [-0.1, -0.05) is 63.1 Å². The zero-order chi connectivity index (χ0) is 16.7. The SMILES string of the molecule is CC#COC1C(=O)c2cccc(CCCCCCCC)c2C1=O. The van der Waals surface area contributed by atoms with E-state index in [-0.39, 0.29) is 11.6 Å². The predicted molar refractivity (Wildman–Crippen MR) is 90.5 cm³/mol. The van der Waals surface area contributed by atoms with Crippen LogP contribution in [0.4, 0.5) is 0 Å². The van der Waals surface area contributed by atoms with Crippen LogP contribution in [0.15, 0.2) is 18.2 Å². The van der Waals surface area contributed by atoms with Crippen LogP contribution in [0.5, 0.6) is 0 Å². The van der Waals surface area contributed by atoms with Crippen molar-refractivity contribution in [2.75, 3.05) is 0 Å². The van der Waals surface area contributed by atoms with Gasteiger partial charge in [-0.15, -0.1) is 0 Å². The third-order valence-electron chi connectivity index (χ3n) is 4.22. The summed E-state index contributed by atoms with van der Waals surface area (Å²) in [4.78, 5) is 24.8. The molecular formula is C20H24O3. The third kappa shape index (κ3) is 4.01. The van der Waals surface area contributed by atoms with Crippen LogP contribution in [0.3, 0.4) is 0 Å². The summed E-state index contributed by atoms with van der Waals surface area (Å²) < 4.78 is 5.12. The fourth-order valence-corrected chi connectivity index (χ4v) is 3.02. The minimum absolute atomic E-state index is 0.241. The number of rotatable bonds is 8. The van der Waals surface area contributed by atoms with Gasteiger partial charge in [0.2, 0.25) is 17.7 Å². The van der Waals surface area contributed by atoms with Gasteiger partial charge < -0.3 is 4.74 Å². The first-order valence-corrected chi connectivity index (χ1v) is 8.48. The molecule has 1 unspecified atom stereocenters. The molecule has 0 fully saturated rings. The lowest BCUT2D eigenvalue weighted by Crippen LogP contribution is -2.24. The molecule has 3 heteroatoms. The van der Waals surface area contributed by atoms with Crippen molar-refractivity contribution in [2.45, 2.75) is 64.9 Å². The van der Waals surface area contributed by atoms with Gasteiger partial charge in [0.05, 0.1) is 0 Å². The molecule has 0 bridgehead atoms. The van der Waals surface area contributed by atoms with Gasteiger partial charge in [0.25, 0.3) is 0 Å². The highest BCUT2D eigenvalue weighted by Gasteiger charge is 2.41. The minimum Gasteiger partial charge on any atom is -0.426 e. The number of carbonyl (C=O) groups excluding carboxylic acids is 2. The van der Waals surface area contributed by atoms with Gasteiger partial charge in [-0.25, -0.2) is 0 Å². The quantitative estimate of drug-likeness (QED) is 0.407. The maximum atomic E-state index is 12.5. The zero-order valence-electron chi connectivity index (χ0n) is 14.0. The highest BCUT2D eigenvalue weighted by Crippen LogP contribution is 2.28. The van der Waals surface area contributed by atoms with Crippen LogP contribution in [0.25, 0.3) is 0 Å². The lowest BCUT2D eigenvalue weighted by Gasteiger charge is -2.07. The molecule has 1 aliphatic rings. The zero-order valence-corrected chi connectivity index (χ0v) is 14.0. The van der Waals surface area contributed by atoms with Crippen LogP contribution < -0.4 is 0 Å². The maximum absolute atomic E-state index is 12.5. The molecule has 0 radical (unpaired) electrons. The molecule has 0 aliphatic heterocycles. The predicted octanol–water partition coefficient (Wildman–Crippen LogP) is 4.33. The summed E-state index contributed by atoms with van der Waals surface area (Å²) in [5.41, 5.74) is 2.00. The van der Waals surface area contributed by atoms with E-state index in [1.54, 1.807) is 13.0 Å². The van der Waals surface area contributed by atoms with Crippen LogP contribution in [0.2, 0.25) is 0 Å². The van der Waals surface area contributed by atoms with Gasteiger partial charge in [0.15, 0.2) is 0 Å². The van der Waals surface area contributed by atoms with Crippen LogP contribution in [-0.4, -0.2) is 17.7 Å². The number of unbranched alkanes of at least 4 members (excludes halogenated alkanes) is 5. The summed E-state index contributed by atoms with van der Waals surface area (Å²) in [5, 5.41) is 0. The summed E-state index contributed by atoms with van der Waals surface area (Å²) >= 11 is 0. The first kappa shape index (κ1) is 17.3. The largest absolute Gasteiger partial charge is 0.426 e. The molecule has 0 N–H and O–H groups in total. The highest BCUT2D eigenvalue weighted by molar-refractivity contribution is 6.29. The van der Waals surface area contributed by atoms with Crippen molar-refractivity contribution in [3.8, 4) is 12.0 Å². The van der Waals surface area contributed by atoms with Gasteiger partial charge in [-0.05, 0) is 18.4 Å². The van der Waals surface area contributed by atoms with E-state index >= 15 is 0 Å². The number of carbonyl (C=O) groups is 2. The van der Waals surface area contributed by atoms with Crippen LogP contribution in [0, 0.1) is 12.0 Å². The highest BCUT2D eigenvalue weighted by atomic mass is 16.5. The second kappa shape index (κ2) is 8.53. The van der Waals surface area contributed by atoms with Crippen molar-refractivity contribution in [3.05, 3.63) is 34.9 Å². The van der Waals surface area contributed by atoms with E-state index < -0.39 is 6.10 Å². The third-order valence-corrected chi connectivity index (χ3v) is 4.22. The van der Waals surface area contributed by atoms with Crippen molar-refractivity contribution in [2.24, 2.45) is 0 Å². The number of Topliss-reactive ketones (excluding diaryl/α,β-unsaturated/α-hetero) is 2. The molecule has 1 aromatic carbocycles. The Kier molecular flexibility index (Phi) is 6.40. The summed E-state index contributed by atoms with van der Waals surface area (Å²) in [5.74, 6) is 2.05. The second-order valence-electron chi connectivity index (χ2n) is 5.94. The fraction of sp³-hybridized carbons (Fsp3) is 0.500. The molecule has 0 amide bonds. The Morgan fingerprint density at radius 3 is 2.52 bits per heavy atom. The van der Waals surface area contributed by atoms with Crippen molar-refractivity contribution in [3.63, 3.8) is 0 Å². The summed E-state index contributed by atoms with van der Waals surface area (Å²) in [7, 11) is 0. The molecule has 0 spiro atoms. The van der Waals surface area contributed by atoms with Crippen molar-refractivity contribution >= 4 is 11.6 Å². The second-order valence-corrected chi connectivity index (χ2v) is 5.94. The molecule has 1 aromatic rings. The molecule has 0 saturated carbocycles. The standard InChI is InChI=1S/C20H24O3/c1-3-5-6-7-8-9-11-15-12-10-13-16-17(15)19(22)20(18(16)21)23-14-4-2/h10,12-13,20H,3,5-9,11H2,1-2H3. The molecule has 122 valence electrons. The number of benzene rings is 1. The van der Waals surface area contributed by atoms with Gasteiger partial charge >= 0.3 is 0 Å². The van der Waals surface area contributed by atoms with E-state index in [1.165, 1.54) is 25.7 Å². The van der Waals surface area contributed by atoms with E-state index in [0.717, 1.165) is 24.8 Å². The minimum atomic E-state index is -1.08. The summed E-state index contributed by atoms with van der Waals surface area (Å²) in [6, 6.07) is 5.51. The molecule has 0 heterocycles. The molecule has 1 aliphatic carbocycles. The van der Waals surface area contributed by atoms with Gasteiger partial charge in [0.1, 0.15) is 6.11 Å². The van der Waals surface area contributed by atoms with E-state index in [0.29, 0.717) is 11.1 Å². The Bertz CT molecular complexity index is 634. The first-order valence-electron chi connectivity index (χ1n) is 8.48. The Balaban J connectivity index is 2.04. The Morgan fingerprint density at radius 1 is 1.04 bits per heavy atom. The van der Waals surface area contributed by atoms with Crippen LogP contribution in [0.1, 0.15) is 78.7 Å². The van der Waals surface area contributed by atoms with Crippen molar-refractivity contribution in [1.29, 1.82) is 0 Å². The molecule has 3 nitrogen and oxygen atoms in total. The number of hydrogen-bond donors (Lipinski definition) is 0. The topological polar surface area (TPSA) is 43.4 Å². The van der Waals surface area contributed by atoms with Crippen LogP contribution >= 0.6 is 0 Å². The molecule has 1 atom stereocenters. The van der Waals surface area contributed by atoms with Gasteiger partial charge in [-0.2, -0.15) is 0 Å². The molecule has 2 rings (SSSR count). The number of aryl methyl sites for hydroxylation is 1. The lowest BCUT2D eigenvalue weighted by atomic mass is 9.97. The van der Waals surface area contributed by atoms with Crippen molar-refractivity contribution < 1.29 is 14.3 Å². The average molecular weight is 312 g/mol. The molecule has 0 saturated heterocycles. The first-order chi connectivity index (χ1) is 11.2. The Morgan fingerprint density at radius 2 is 1.78 bits per heavy atom. The number of hydrogen-bond acceptors (Lipinski definition) is 3.